The van der Waals surface area contributed by atoms with Crippen LogP contribution in [-0.2, 0) is 32.4 Å². The van der Waals surface area contributed by atoms with Crippen molar-refractivity contribution in [3.63, 3.8) is 0 Å². The number of unbranched alkanes of at least 4 members (excludes halogenated alkanes) is 1. The average molecular weight is 592 g/mol. The fourth-order valence-corrected chi connectivity index (χ4v) is 4.99. The topological polar surface area (TPSA) is 143 Å². The molecular weight excluding hydrogens is 566 g/mol. The molecule has 1 aromatic heterocycles. The fraction of sp³-hybridized carbons (Fsp3) is 0.172. The second kappa shape index (κ2) is 13.6. The lowest BCUT2D eigenvalue weighted by molar-refractivity contribution is -0.143. The number of anilines is 1. The molecule has 3 aromatic carbocycles. The van der Waals surface area contributed by atoms with Gasteiger partial charge in [0, 0.05) is 5.02 Å². The Morgan fingerprint density at radius 1 is 0.951 bits per heavy atom. The molecule has 2 amide bonds. The van der Waals surface area contributed by atoms with Crippen molar-refractivity contribution in [2.45, 2.75) is 30.6 Å². The molecular formula is C29H26ClN5O5S. The quantitative estimate of drug-likeness (QED) is 0.184. The van der Waals surface area contributed by atoms with Gasteiger partial charge in [0.25, 0.3) is 10.0 Å². The van der Waals surface area contributed by atoms with E-state index in [-0.39, 0.29) is 35.0 Å². The number of hydrogen-bond acceptors (Lipinski definition) is 7. The second-order valence-corrected chi connectivity index (χ2v) is 11.0. The molecule has 12 heteroatoms. The zero-order valence-electron chi connectivity index (χ0n) is 21.8. The van der Waals surface area contributed by atoms with Crippen LogP contribution in [-0.4, -0.2) is 36.8 Å². The third kappa shape index (κ3) is 7.94. The summed E-state index contributed by atoms with van der Waals surface area (Å²) in [7, 11) is -4.25. The number of carbonyl (C=O) groups is 2. The number of aryl methyl sites for hydroxylation is 1. The summed E-state index contributed by atoms with van der Waals surface area (Å²) in [6, 6.07) is 24.6. The molecule has 0 aliphatic carbocycles. The van der Waals surface area contributed by atoms with Gasteiger partial charge in [0.15, 0.2) is 5.82 Å². The number of ether oxygens (including phenoxy) is 1. The predicted molar refractivity (Wildman–Crippen MR) is 153 cm³/mol. The highest BCUT2D eigenvalue weighted by Gasteiger charge is 2.25. The Kier molecular flexibility index (Phi) is 9.73. The lowest BCUT2D eigenvalue weighted by atomic mass is 10.1. The van der Waals surface area contributed by atoms with E-state index in [4.69, 9.17) is 16.3 Å². The minimum atomic E-state index is -4.25. The normalized spacial score (nSPS) is 10.9. The minimum absolute atomic E-state index is 0.0708. The Labute approximate surface area is 242 Å². The summed E-state index contributed by atoms with van der Waals surface area (Å²) in [5.41, 5.74) is 1.64. The van der Waals surface area contributed by atoms with E-state index in [0.717, 1.165) is 12.8 Å². The molecule has 0 radical (unpaired) electrons. The van der Waals surface area contributed by atoms with Gasteiger partial charge < -0.3 is 4.74 Å². The van der Waals surface area contributed by atoms with Crippen LogP contribution in [0.1, 0.15) is 29.7 Å². The first-order valence-electron chi connectivity index (χ1n) is 12.6. The molecule has 4 rings (SSSR count). The maximum atomic E-state index is 12.8. The zero-order chi connectivity index (χ0) is 29.2. The van der Waals surface area contributed by atoms with Crippen molar-refractivity contribution in [1.82, 2.24) is 14.5 Å². The number of nitrogens with one attached hydrogen (secondary N) is 2. The van der Waals surface area contributed by atoms with E-state index in [2.05, 4.69) is 10.4 Å². The van der Waals surface area contributed by atoms with Crippen LogP contribution in [0.3, 0.4) is 0 Å². The first-order valence-corrected chi connectivity index (χ1v) is 14.5. The third-order valence-corrected chi connectivity index (χ3v) is 7.53. The first-order chi connectivity index (χ1) is 19.8. The lowest BCUT2D eigenvalue weighted by Crippen LogP contribution is -2.35. The van der Waals surface area contributed by atoms with Gasteiger partial charge in [-0.25, -0.2) is 22.6 Å². The summed E-state index contributed by atoms with van der Waals surface area (Å²) in [4.78, 5) is 25.2. The summed E-state index contributed by atoms with van der Waals surface area (Å²) in [6.45, 7) is 0.211. The SMILES string of the molecule is N#Cc1c(CC(=O)OCCCCc2ccccc2)nn(-c2ccccc2)c1NC(=O)NS(=O)(=O)c1ccc(Cl)cc1. The number of hydrogen-bond donors (Lipinski definition) is 2. The molecule has 0 saturated heterocycles. The lowest BCUT2D eigenvalue weighted by Gasteiger charge is -2.11. The summed E-state index contributed by atoms with van der Waals surface area (Å²) in [5, 5.41) is 17.0. The molecule has 41 heavy (non-hydrogen) atoms. The van der Waals surface area contributed by atoms with Gasteiger partial charge in [-0.1, -0.05) is 60.1 Å². The van der Waals surface area contributed by atoms with Crippen molar-refractivity contribution in [2.75, 3.05) is 11.9 Å². The number of benzene rings is 3. The number of nitrogens with zero attached hydrogens (tertiary/aromatic N) is 3. The van der Waals surface area contributed by atoms with Crippen molar-refractivity contribution in [2.24, 2.45) is 0 Å². The van der Waals surface area contributed by atoms with E-state index in [1.165, 1.54) is 34.5 Å². The highest BCUT2D eigenvalue weighted by atomic mass is 35.5. The van der Waals surface area contributed by atoms with Gasteiger partial charge in [-0.3, -0.25) is 10.1 Å². The van der Waals surface area contributed by atoms with Crippen molar-refractivity contribution >= 4 is 39.4 Å². The summed E-state index contributed by atoms with van der Waals surface area (Å²) < 4.78 is 33.9. The highest BCUT2D eigenvalue weighted by molar-refractivity contribution is 7.90. The number of urea groups is 1. The van der Waals surface area contributed by atoms with Crippen molar-refractivity contribution in [3.05, 3.63) is 107 Å². The molecule has 4 aromatic rings. The number of rotatable bonds is 11. The Morgan fingerprint density at radius 2 is 1.61 bits per heavy atom. The number of sulfonamides is 1. The van der Waals surface area contributed by atoms with Gasteiger partial charge in [0.1, 0.15) is 11.6 Å². The van der Waals surface area contributed by atoms with Crippen molar-refractivity contribution < 1.29 is 22.7 Å². The Balaban J connectivity index is 1.47. The summed E-state index contributed by atoms with van der Waals surface area (Å²) >= 11 is 5.82. The monoisotopic (exact) mass is 591 g/mol. The number of amides is 2. The van der Waals surface area contributed by atoms with E-state index in [9.17, 15) is 23.3 Å². The van der Waals surface area contributed by atoms with Gasteiger partial charge in [-0.2, -0.15) is 10.4 Å². The van der Waals surface area contributed by atoms with Crippen LogP contribution >= 0.6 is 11.6 Å². The molecule has 0 aliphatic rings. The van der Waals surface area contributed by atoms with E-state index >= 15 is 0 Å². The van der Waals surface area contributed by atoms with Crippen LogP contribution < -0.4 is 10.0 Å². The second-order valence-electron chi connectivity index (χ2n) is 8.88. The third-order valence-electron chi connectivity index (χ3n) is 5.93. The Hall–Kier alpha value is -4.66. The molecule has 0 aliphatic heterocycles. The van der Waals surface area contributed by atoms with Crippen LogP contribution in [0.2, 0.25) is 5.02 Å². The van der Waals surface area contributed by atoms with Crippen molar-refractivity contribution in [1.29, 1.82) is 5.26 Å². The minimum Gasteiger partial charge on any atom is -0.465 e. The summed E-state index contributed by atoms with van der Waals surface area (Å²) in [6.07, 6.45) is 2.05. The molecule has 0 unspecified atom stereocenters. The van der Waals surface area contributed by atoms with E-state index in [0.29, 0.717) is 17.1 Å². The fourth-order valence-electron chi connectivity index (χ4n) is 3.95. The van der Waals surface area contributed by atoms with Gasteiger partial charge >= 0.3 is 12.0 Å². The number of esters is 1. The van der Waals surface area contributed by atoms with Gasteiger partial charge in [0.05, 0.1) is 29.3 Å². The number of para-hydroxylation sites is 1. The molecule has 2 N–H and O–H groups in total. The molecule has 0 fully saturated rings. The van der Waals surface area contributed by atoms with E-state index < -0.39 is 22.0 Å². The molecule has 210 valence electrons. The number of carbonyl (C=O) groups excluding carboxylic acids is 2. The van der Waals surface area contributed by atoms with Crippen LogP contribution in [0, 0.1) is 11.3 Å². The van der Waals surface area contributed by atoms with Gasteiger partial charge in [-0.15, -0.1) is 0 Å². The Bertz CT molecular complexity index is 1650. The molecule has 0 saturated carbocycles. The van der Waals surface area contributed by atoms with Crippen molar-refractivity contribution in [3.8, 4) is 11.8 Å². The van der Waals surface area contributed by atoms with Crippen LogP contribution in [0.5, 0.6) is 0 Å². The van der Waals surface area contributed by atoms with Gasteiger partial charge in [-0.05, 0) is 61.2 Å². The number of aromatic nitrogens is 2. The highest BCUT2D eigenvalue weighted by Crippen LogP contribution is 2.24. The first kappa shape index (κ1) is 29.3. The molecule has 0 atom stereocenters. The van der Waals surface area contributed by atoms with E-state index in [1.807, 2.05) is 41.1 Å². The maximum absolute atomic E-state index is 12.8. The summed E-state index contributed by atoms with van der Waals surface area (Å²) in [5.74, 6) is -0.687. The number of halogens is 1. The van der Waals surface area contributed by atoms with Crippen LogP contribution in [0.25, 0.3) is 5.69 Å². The smallest absolute Gasteiger partial charge is 0.334 e. The molecule has 1 heterocycles. The Morgan fingerprint density at radius 3 is 2.27 bits per heavy atom. The molecule has 0 bridgehead atoms. The largest absolute Gasteiger partial charge is 0.465 e. The zero-order valence-corrected chi connectivity index (χ0v) is 23.4. The van der Waals surface area contributed by atoms with Gasteiger partial charge in [0.2, 0.25) is 0 Å². The average Bonchev–Trinajstić information content (AvgIpc) is 3.29. The maximum Gasteiger partial charge on any atom is 0.334 e. The van der Waals surface area contributed by atoms with E-state index in [1.54, 1.807) is 30.3 Å². The predicted octanol–water partition coefficient (Wildman–Crippen LogP) is 5.02. The van der Waals surface area contributed by atoms with Crippen LogP contribution in [0.4, 0.5) is 10.6 Å². The standard InChI is InChI=1S/C29H26ClN5O5S/c30-22-14-16-24(17-15-22)41(38,39)34-29(37)32-28-25(20-31)26(33-35(28)23-12-5-2-6-13-23)19-27(36)40-18-8-7-11-21-9-3-1-4-10-21/h1-6,9-10,12-17H,7-8,11,18-19H2,(H2,32,34,37). The molecule has 0 spiro atoms. The van der Waals surface area contributed by atoms with Crippen LogP contribution in [0.15, 0.2) is 89.8 Å². The molecule has 10 nitrogen and oxygen atoms in total. The number of nitriles is 1.